The highest BCUT2D eigenvalue weighted by Gasteiger charge is 2.31. The second-order valence-electron chi connectivity index (χ2n) is 8.47. The van der Waals surface area contributed by atoms with E-state index in [-0.39, 0.29) is 18.3 Å². The molecule has 2 aromatic carbocycles. The van der Waals surface area contributed by atoms with E-state index in [9.17, 15) is 17.7 Å². The van der Waals surface area contributed by atoms with Gasteiger partial charge in [-0.3, -0.25) is 0 Å². The first-order valence-corrected chi connectivity index (χ1v) is 12.7. The second kappa shape index (κ2) is 8.62. The molecule has 0 atom stereocenters. The molecule has 10 heteroatoms. The summed E-state index contributed by atoms with van der Waals surface area (Å²) < 4.78 is 52.3. The maximum absolute atomic E-state index is 13.1. The first-order valence-electron chi connectivity index (χ1n) is 10.1. The number of nitrogens with zero attached hydrogens (tertiary/aromatic N) is 2. The van der Waals surface area contributed by atoms with Crippen molar-refractivity contribution in [3.8, 4) is 0 Å². The Morgan fingerprint density at radius 1 is 1.09 bits per heavy atom. The molecule has 0 saturated carbocycles. The van der Waals surface area contributed by atoms with Crippen molar-refractivity contribution in [3.63, 3.8) is 0 Å². The van der Waals surface area contributed by atoms with Crippen LogP contribution in [0, 0.1) is 6.92 Å². The Balaban J connectivity index is 2.06. The third-order valence-electron chi connectivity index (χ3n) is 4.75. The van der Waals surface area contributed by atoms with Crippen molar-refractivity contribution in [2.75, 3.05) is 29.7 Å². The lowest BCUT2D eigenvalue weighted by atomic mass is 10.1. The first kappa shape index (κ1) is 23.9. The number of nitrogens with one attached hydrogen (secondary N) is 2. The number of hydrogen-bond donors (Lipinski definition) is 3. The number of rotatable bonds is 6. The van der Waals surface area contributed by atoms with Crippen LogP contribution in [0.3, 0.4) is 0 Å². The molecule has 4 N–H and O–H groups in total. The molecule has 0 fully saturated rings. The number of hydrogen-bond acceptors (Lipinski definition) is 6. The molecule has 0 bridgehead atoms. The molecule has 1 aromatic heterocycles. The summed E-state index contributed by atoms with van der Waals surface area (Å²) in [6, 6.07) is 7.21. The smallest absolute Gasteiger partial charge is 0.399 e. The SMILES string of the molecule is Cc1nc(NCc2cc(N)cc(C(F)(F)F)c2)c2cc(P(C)(C)=O)c(NC(C)C)cc2n1. The average molecular weight is 465 g/mol. The minimum absolute atomic E-state index is 0.0324. The number of anilines is 3. The van der Waals surface area contributed by atoms with Crippen LogP contribution in [0.2, 0.25) is 0 Å². The molecule has 6 nitrogen and oxygen atoms in total. The van der Waals surface area contributed by atoms with Crippen molar-refractivity contribution in [2.24, 2.45) is 0 Å². The number of benzene rings is 2. The van der Waals surface area contributed by atoms with Gasteiger partial charge in [-0.1, -0.05) is 0 Å². The molecule has 0 aliphatic carbocycles. The fraction of sp³-hybridized carbons (Fsp3) is 0.364. The van der Waals surface area contributed by atoms with Gasteiger partial charge in [0.1, 0.15) is 18.8 Å². The largest absolute Gasteiger partial charge is 0.416 e. The molecule has 3 rings (SSSR count). The number of nitrogen functional groups attached to an aromatic ring is 1. The second-order valence-corrected chi connectivity index (χ2v) is 11.7. The van der Waals surface area contributed by atoms with E-state index in [0.29, 0.717) is 33.4 Å². The Bertz CT molecular complexity index is 1200. The van der Waals surface area contributed by atoms with Gasteiger partial charge >= 0.3 is 6.18 Å². The highest BCUT2D eigenvalue weighted by Crippen LogP contribution is 2.40. The van der Waals surface area contributed by atoms with E-state index in [1.807, 2.05) is 19.9 Å². The van der Waals surface area contributed by atoms with Gasteiger partial charge in [0.2, 0.25) is 0 Å². The quantitative estimate of drug-likeness (QED) is 0.342. The maximum atomic E-state index is 13.1. The summed E-state index contributed by atoms with van der Waals surface area (Å²) >= 11 is 0. The van der Waals surface area contributed by atoms with Crippen molar-refractivity contribution in [3.05, 3.63) is 47.3 Å². The van der Waals surface area contributed by atoms with Crippen molar-refractivity contribution >= 4 is 40.5 Å². The summed E-state index contributed by atoms with van der Waals surface area (Å²) in [4.78, 5) is 8.93. The van der Waals surface area contributed by atoms with Gasteiger partial charge in [0.25, 0.3) is 0 Å². The highest BCUT2D eigenvalue weighted by atomic mass is 31.2. The van der Waals surface area contributed by atoms with Gasteiger partial charge in [0.15, 0.2) is 0 Å². The number of fused-ring (bicyclic) bond motifs is 1. The number of aryl methyl sites for hydroxylation is 1. The van der Waals surface area contributed by atoms with E-state index in [4.69, 9.17) is 5.73 Å². The zero-order valence-electron chi connectivity index (χ0n) is 18.6. The van der Waals surface area contributed by atoms with Crippen molar-refractivity contribution in [1.29, 1.82) is 0 Å². The van der Waals surface area contributed by atoms with Crippen LogP contribution in [0.15, 0.2) is 30.3 Å². The van der Waals surface area contributed by atoms with E-state index >= 15 is 0 Å². The molecule has 0 radical (unpaired) electrons. The molecular formula is C22H27F3N5OP. The topological polar surface area (TPSA) is 92.9 Å². The molecule has 172 valence electrons. The molecule has 1 heterocycles. The Kier molecular flexibility index (Phi) is 6.43. The molecular weight excluding hydrogens is 438 g/mol. The number of aromatic nitrogens is 2. The third kappa shape index (κ3) is 5.51. The Hall–Kier alpha value is -2.80. The van der Waals surface area contributed by atoms with Crippen molar-refractivity contribution in [2.45, 2.75) is 39.5 Å². The highest BCUT2D eigenvalue weighted by molar-refractivity contribution is 7.70. The van der Waals surface area contributed by atoms with Crippen LogP contribution in [0.1, 0.15) is 30.8 Å². The van der Waals surface area contributed by atoms with E-state index in [2.05, 4.69) is 20.6 Å². The molecule has 0 aliphatic heterocycles. The van der Waals surface area contributed by atoms with Gasteiger partial charge in [0, 0.05) is 34.7 Å². The predicted molar refractivity (Wildman–Crippen MR) is 125 cm³/mol. The lowest BCUT2D eigenvalue weighted by Crippen LogP contribution is -2.18. The molecule has 0 spiro atoms. The third-order valence-corrected chi connectivity index (χ3v) is 6.28. The van der Waals surface area contributed by atoms with Crippen LogP contribution in [-0.4, -0.2) is 29.3 Å². The van der Waals surface area contributed by atoms with Gasteiger partial charge in [-0.05, 0) is 70.0 Å². The Labute approximate surface area is 185 Å². The van der Waals surface area contributed by atoms with Crippen LogP contribution in [-0.2, 0) is 17.3 Å². The summed E-state index contributed by atoms with van der Waals surface area (Å²) in [5, 5.41) is 7.73. The summed E-state index contributed by atoms with van der Waals surface area (Å²) in [5.41, 5.74) is 6.66. The molecule has 0 unspecified atom stereocenters. The Morgan fingerprint density at radius 3 is 2.38 bits per heavy atom. The fourth-order valence-electron chi connectivity index (χ4n) is 3.46. The van der Waals surface area contributed by atoms with Gasteiger partial charge in [0.05, 0.1) is 11.1 Å². The number of nitrogens with two attached hydrogens (primary N) is 1. The monoisotopic (exact) mass is 465 g/mol. The van der Waals surface area contributed by atoms with Crippen LogP contribution in [0.4, 0.5) is 30.4 Å². The van der Waals surface area contributed by atoms with Crippen molar-refractivity contribution in [1.82, 2.24) is 9.97 Å². The van der Waals surface area contributed by atoms with Gasteiger partial charge in [-0.2, -0.15) is 13.2 Å². The average Bonchev–Trinajstić information content (AvgIpc) is 2.63. The zero-order chi connectivity index (χ0) is 23.8. The van der Waals surface area contributed by atoms with Crippen LogP contribution in [0.25, 0.3) is 10.9 Å². The number of alkyl halides is 3. The summed E-state index contributed by atoms with van der Waals surface area (Å²) in [6.07, 6.45) is -4.49. The summed E-state index contributed by atoms with van der Waals surface area (Å²) in [5.74, 6) is 0.956. The van der Waals surface area contributed by atoms with Gasteiger partial charge in [-0.15, -0.1) is 0 Å². The minimum atomic E-state index is -4.49. The van der Waals surface area contributed by atoms with Gasteiger partial charge < -0.3 is 20.9 Å². The van der Waals surface area contributed by atoms with E-state index in [1.165, 1.54) is 6.07 Å². The molecule has 0 aliphatic rings. The van der Waals surface area contributed by atoms with E-state index in [0.717, 1.165) is 17.8 Å². The molecule has 0 amide bonds. The molecule has 3 aromatic rings. The number of halogens is 3. The van der Waals surface area contributed by atoms with Crippen molar-refractivity contribution < 1.29 is 17.7 Å². The van der Waals surface area contributed by atoms with E-state index < -0.39 is 18.9 Å². The predicted octanol–water partition coefficient (Wildman–Crippen LogP) is 5.22. The summed E-state index contributed by atoms with van der Waals surface area (Å²) in [6.45, 7) is 9.17. The summed E-state index contributed by atoms with van der Waals surface area (Å²) in [7, 11) is -2.64. The fourth-order valence-corrected chi connectivity index (χ4v) is 4.61. The lowest BCUT2D eigenvalue weighted by Gasteiger charge is -2.19. The normalized spacial score (nSPS) is 12.4. The minimum Gasteiger partial charge on any atom is -0.399 e. The molecule has 0 saturated heterocycles. The van der Waals surface area contributed by atoms with E-state index in [1.54, 1.807) is 26.3 Å². The zero-order valence-corrected chi connectivity index (χ0v) is 19.5. The maximum Gasteiger partial charge on any atom is 0.416 e. The van der Waals surface area contributed by atoms with Gasteiger partial charge in [-0.25, -0.2) is 9.97 Å². The standard InChI is InChI=1S/C22H27F3N5OP/c1-12(2)28-19-10-18-17(9-20(19)32(4,5)31)21(30-13(3)29-18)27-11-14-6-15(22(23,24)25)8-16(26)7-14/h6-10,12,28H,11,26H2,1-5H3,(H,27,29,30). The Morgan fingerprint density at radius 2 is 1.78 bits per heavy atom. The van der Waals surface area contributed by atoms with Crippen LogP contribution >= 0.6 is 7.14 Å². The van der Waals surface area contributed by atoms with Crippen LogP contribution in [0.5, 0.6) is 0 Å². The molecule has 32 heavy (non-hydrogen) atoms. The lowest BCUT2D eigenvalue weighted by molar-refractivity contribution is -0.137. The first-order chi connectivity index (χ1) is 14.7. The van der Waals surface area contributed by atoms with Crippen LogP contribution < -0.4 is 21.7 Å².